The molecular formula is C64H42N2O. The van der Waals surface area contributed by atoms with Gasteiger partial charge in [-0.2, -0.15) is 0 Å². The first-order valence-corrected chi connectivity index (χ1v) is 22.9. The van der Waals surface area contributed by atoms with Gasteiger partial charge in [0.2, 0.25) is 0 Å². The van der Waals surface area contributed by atoms with Crippen molar-refractivity contribution in [3.8, 4) is 50.2 Å². The first-order valence-electron chi connectivity index (χ1n) is 22.9. The zero-order valence-corrected chi connectivity index (χ0v) is 36.6. The smallest absolute Gasteiger partial charge is 0.143 e. The number of hydrogen-bond acceptors (Lipinski definition) is 2. The van der Waals surface area contributed by atoms with Crippen LogP contribution in [-0.4, -0.2) is 4.57 Å². The van der Waals surface area contributed by atoms with Crippen molar-refractivity contribution in [3.05, 3.63) is 255 Å². The average Bonchev–Trinajstić information content (AvgIpc) is 3.96. The van der Waals surface area contributed by atoms with E-state index in [1.807, 2.05) is 0 Å². The Morgan fingerprint density at radius 2 is 0.881 bits per heavy atom. The topological polar surface area (TPSA) is 21.3 Å². The third-order valence-corrected chi connectivity index (χ3v) is 13.4. The van der Waals surface area contributed by atoms with E-state index in [4.69, 9.17) is 4.42 Å². The molecule has 11 aromatic carbocycles. The largest absolute Gasteiger partial charge is 0.455 e. The minimum atomic E-state index is 0.889. The molecule has 0 unspecified atom stereocenters. The number of nitrogens with zero attached hydrogens (tertiary/aromatic N) is 2. The molecule has 0 bridgehead atoms. The van der Waals surface area contributed by atoms with Crippen molar-refractivity contribution in [2.45, 2.75) is 0 Å². The SMILES string of the molecule is c1ccc(-c2ccc(N(c3ccc(-c4cccc(-n5c6ccccc6c6ccccc65)c4)cc3)c3cccc(-c4ccc5oc6c7ccccc7ccc6c5c4)c3)c(-c3ccccc3)c2)cc1. The Morgan fingerprint density at radius 1 is 0.313 bits per heavy atom. The van der Waals surface area contributed by atoms with E-state index in [0.29, 0.717) is 0 Å². The number of para-hydroxylation sites is 2. The van der Waals surface area contributed by atoms with Gasteiger partial charge in [-0.1, -0.05) is 176 Å². The van der Waals surface area contributed by atoms with E-state index in [9.17, 15) is 0 Å². The summed E-state index contributed by atoms with van der Waals surface area (Å²) >= 11 is 0. The molecule has 0 aliphatic rings. The van der Waals surface area contributed by atoms with E-state index in [2.05, 4.69) is 264 Å². The van der Waals surface area contributed by atoms with Crippen molar-refractivity contribution in [2.75, 3.05) is 4.90 Å². The van der Waals surface area contributed by atoms with Crippen LogP contribution in [0.1, 0.15) is 0 Å². The molecule has 0 aliphatic heterocycles. The first kappa shape index (κ1) is 38.5. The minimum absolute atomic E-state index is 0.889. The molecule has 13 rings (SSSR count). The summed E-state index contributed by atoms with van der Waals surface area (Å²) in [7, 11) is 0. The van der Waals surface area contributed by atoms with Crippen molar-refractivity contribution in [1.29, 1.82) is 0 Å². The van der Waals surface area contributed by atoms with E-state index < -0.39 is 0 Å². The van der Waals surface area contributed by atoms with Crippen LogP contribution in [0, 0.1) is 0 Å². The molecule has 314 valence electrons. The standard InChI is InChI=1S/C64H42N2O/c1-3-15-43(16-4-1)49-32-37-62(58(41-49)45-17-5-2-6-18-45)65(52-22-14-21-48(40-52)50-33-38-63-59(42-50)57-36-31-46-19-7-8-24-54(46)64(57)67-63)51-34-29-44(30-35-51)47-20-13-23-53(39-47)66-60-27-11-9-25-55(60)56-26-10-12-28-61(56)66/h1-42H. The van der Waals surface area contributed by atoms with E-state index in [1.54, 1.807) is 0 Å². The maximum atomic E-state index is 6.52. The number of anilines is 3. The molecule has 0 atom stereocenters. The first-order chi connectivity index (χ1) is 33.2. The van der Waals surface area contributed by atoms with E-state index in [0.717, 1.165) is 83.5 Å². The number of rotatable bonds is 8. The highest BCUT2D eigenvalue weighted by Crippen LogP contribution is 2.45. The summed E-state index contributed by atoms with van der Waals surface area (Å²) < 4.78 is 8.91. The van der Waals surface area contributed by atoms with E-state index in [1.165, 1.54) is 38.3 Å². The van der Waals surface area contributed by atoms with Gasteiger partial charge in [0.25, 0.3) is 0 Å². The third kappa shape index (κ3) is 6.67. The van der Waals surface area contributed by atoms with Gasteiger partial charge in [0.1, 0.15) is 11.2 Å². The Bertz CT molecular complexity index is 3920. The molecule has 0 amide bonds. The van der Waals surface area contributed by atoms with Gasteiger partial charge in [0.05, 0.1) is 16.7 Å². The van der Waals surface area contributed by atoms with Crippen molar-refractivity contribution >= 4 is 71.6 Å². The molecule has 3 heteroatoms. The molecule has 0 spiro atoms. The highest BCUT2D eigenvalue weighted by atomic mass is 16.3. The molecule has 0 fully saturated rings. The van der Waals surface area contributed by atoms with Gasteiger partial charge in [-0.3, -0.25) is 0 Å². The van der Waals surface area contributed by atoms with Crippen LogP contribution in [-0.2, 0) is 0 Å². The quantitative estimate of drug-likeness (QED) is 0.152. The van der Waals surface area contributed by atoms with Crippen LogP contribution in [0.15, 0.2) is 259 Å². The maximum absolute atomic E-state index is 6.52. The lowest BCUT2D eigenvalue weighted by atomic mass is 9.95. The zero-order valence-electron chi connectivity index (χ0n) is 36.6. The van der Waals surface area contributed by atoms with Gasteiger partial charge in [0.15, 0.2) is 0 Å². The number of benzene rings is 11. The molecule has 13 aromatic rings. The molecule has 2 heterocycles. The van der Waals surface area contributed by atoms with Crippen LogP contribution in [0.2, 0.25) is 0 Å². The highest BCUT2D eigenvalue weighted by molar-refractivity contribution is 6.15. The lowest BCUT2D eigenvalue weighted by Gasteiger charge is -2.29. The van der Waals surface area contributed by atoms with Crippen molar-refractivity contribution in [2.24, 2.45) is 0 Å². The van der Waals surface area contributed by atoms with Gasteiger partial charge in [-0.05, 0) is 123 Å². The summed E-state index contributed by atoms with van der Waals surface area (Å²) in [6.45, 7) is 0. The Hall–Kier alpha value is -8.92. The number of fused-ring (bicyclic) bond motifs is 8. The maximum Gasteiger partial charge on any atom is 0.143 e. The van der Waals surface area contributed by atoms with Crippen LogP contribution in [0.5, 0.6) is 0 Å². The second-order valence-corrected chi connectivity index (χ2v) is 17.3. The monoisotopic (exact) mass is 854 g/mol. The zero-order chi connectivity index (χ0) is 44.3. The fourth-order valence-corrected chi connectivity index (χ4v) is 10.2. The molecule has 2 aromatic heterocycles. The van der Waals surface area contributed by atoms with Gasteiger partial charge in [0, 0.05) is 49.6 Å². The number of hydrogen-bond donors (Lipinski definition) is 0. The minimum Gasteiger partial charge on any atom is -0.455 e. The van der Waals surface area contributed by atoms with Crippen LogP contribution < -0.4 is 4.90 Å². The molecule has 0 saturated heterocycles. The molecular weight excluding hydrogens is 813 g/mol. The van der Waals surface area contributed by atoms with Gasteiger partial charge in [-0.15, -0.1) is 0 Å². The van der Waals surface area contributed by atoms with Crippen LogP contribution >= 0.6 is 0 Å². The summed E-state index contributed by atoms with van der Waals surface area (Å²) in [4.78, 5) is 2.41. The third-order valence-electron chi connectivity index (χ3n) is 13.4. The van der Waals surface area contributed by atoms with Crippen LogP contribution in [0.4, 0.5) is 17.1 Å². The molecule has 0 aliphatic carbocycles. The fourth-order valence-electron chi connectivity index (χ4n) is 10.2. The predicted molar refractivity (Wildman–Crippen MR) is 282 cm³/mol. The molecule has 0 radical (unpaired) electrons. The summed E-state index contributed by atoms with van der Waals surface area (Å²) in [5.41, 5.74) is 17.8. The summed E-state index contributed by atoms with van der Waals surface area (Å²) in [6.07, 6.45) is 0. The van der Waals surface area contributed by atoms with Crippen LogP contribution in [0.3, 0.4) is 0 Å². The van der Waals surface area contributed by atoms with Gasteiger partial charge < -0.3 is 13.9 Å². The molecule has 0 saturated carbocycles. The number of furan rings is 1. The Morgan fingerprint density at radius 3 is 1.64 bits per heavy atom. The van der Waals surface area contributed by atoms with Crippen LogP contribution in [0.25, 0.3) is 105 Å². The van der Waals surface area contributed by atoms with Gasteiger partial charge in [-0.25, -0.2) is 0 Å². The number of aromatic nitrogens is 1. The molecule has 0 N–H and O–H groups in total. The fraction of sp³-hybridized carbons (Fsp3) is 0. The van der Waals surface area contributed by atoms with Crippen molar-refractivity contribution < 1.29 is 4.42 Å². The normalized spacial score (nSPS) is 11.6. The second kappa shape index (κ2) is 16.0. The second-order valence-electron chi connectivity index (χ2n) is 17.3. The summed E-state index contributed by atoms with van der Waals surface area (Å²) in [5, 5.41) is 7.06. The summed E-state index contributed by atoms with van der Waals surface area (Å²) in [5.74, 6) is 0. The Kier molecular flexibility index (Phi) is 9.17. The Labute approximate surface area is 388 Å². The van der Waals surface area contributed by atoms with Gasteiger partial charge >= 0.3 is 0 Å². The van der Waals surface area contributed by atoms with Crippen molar-refractivity contribution in [3.63, 3.8) is 0 Å². The predicted octanol–water partition coefficient (Wildman–Crippen LogP) is 18.0. The highest BCUT2D eigenvalue weighted by Gasteiger charge is 2.20. The summed E-state index contributed by atoms with van der Waals surface area (Å²) in [6, 6.07) is 92.0. The lowest BCUT2D eigenvalue weighted by Crippen LogP contribution is -2.11. The van der Waals surface area contributed by atoms with Crippen molar-refractivity contribution in [1.82, 2.24) is 4.57 Å². The lowest BCUT2D eigenvalue weighted by molar-refractivity contribution is 0.672. The Balaban J connectivity index is 0.949. The van der Waals surface area contributed by atoms with E-state index in [-0.39, 0.29) is 0 Å². The molecule has 67 heavy (non-hydrogen) atoms. The average molecular weight is 855 g/mol. The van der Waals surface area contributed by atoms with E-state index >= 15 is 0 Å². The molecule has 3 nitrogen and oxygen atoms in total.